The highest BCUT2D eigenvalue weighted by Gasteiger charge is 2.33. The van der Waals surface area contributed by atoms with Crippen LogP contribution in [0.2, 0.25) is 0 Å². The van der Waals surface area contributed by atoms with Crippen molar-refractivity contribution in [2.24, 2.45) is 17.6 Å². The van der Waals surface area contributed by atoms with Gasteiger partial charge in [0.2, 0.25) is 5.91 Å². The topological polar surface area (TPSA) is 64.4 Å². The molecule has 3 N–H and O–H groups in total. The fourth-order valence-electron chi connectivity index (χ4n) is 4.48. The van der Waals surface area contributed by atoms with Crippen molar-refractivity contribution in [2.75, 3.05) is 13.2 Å². The number of ether oxygens (including phenoxy) is 1. The van der Waals surface area contributed by atoms with Gasteiger partial charge < -0.3 is 15.8 Å². The monoisotopic (exact) mass is 364 g/mol. The molecule has 27 heavy (non-hydrogen) atoms. The second kappa shape index (κ2) is 8.13. The molecule has 1 aliphatic carbocycles. The van der Waals surface area contributed by atoms with E-state index in [9.17, 15) is 4.79 Å². The molecule has 0 aromatic heterocycles. The van der Waals surface area contributed by atoms with Gasteiger partial charge in [0, 0.05) is 5.92 Å². The fraction of sp³-hybridized carbons (Fsp3) is 0.435. The number of fused-ring (bicyclic) bond motifs is 1. The zero-order valence-corrected chi connectivity index (χ0v) is 15.7. The number of rotatable bonds is 5. The van der Waals surface area contributed by atoms with Gasteiger partial charge in [-0.15, -0.1) is 0 Å². The molecule has 1 unspecified atom stereocenters. The average molecular weight is 364 g/mol. The molecule has 2 aliphatic rings. The Kier molecular flexibility index (Phi) is 5.44. The summed E-state index contributed by atoms with van der Waals surface area (Å²) in [7, 11) is 0. The zero-order valence-electron chi connectivity index (χ0n) is 15.7. The average Bonchev–Trinajstić information content (AvgIpc) is 3.21. The van der Waals surface area contributed by atoms with E-state index in [0.29, 0.717) is 12.5 Å². The first-order valence-corrected chi connectivity index (χ1v) is 10.1. The standard InChI is InChI=1S/C23H28N2O2/c24-15-19-8-4-10-20(19)23(26)25-22(16-6-2-1-3-7-16)18-11-12-21-17(14-18)9-5-13-27-21/h1-3,6-7,11-12,14,19-20,22H,4-5,8-10,13,15,24H2,(H,25,26)/t19-,20-,22?/m1/s1. The van der Waals surface area contributed by atoms with Crippen LogP contribution in [0.15, 0.2) is 48.5 Å². The summed E-state index contributed by atoms with van der Waals surface area (Å²) in [6.07, 6.45) is 5.15. The van der Waals surface area contributed by atoms with Crippen LogP contribution < -0.4 is 15.8 Å². The van der Waals surface area contributed by atoms with Crippen LogP contribution in [0.4, 0.5) is 0 Å². The molecule has 0 spiro atoms. The highest BCUT2D eigenvalue weighted by atomic mass is 16.5. The van der Waals surface area contributed by atoms with Crippen molar-refractivity contribution in [1.29, 1.82) is 0 Å². The van der Waals surface area contributed by atoms with E-state index < -0.39 is 0 Å². The summed E-state index contributed by atoms with van der Waals surface area (Å²) in [4.78, 5) is 13.1. The summed E-state index contributed by atoms with van der Waals surface area (Å²) in [5.41, 5.74) is 9.34. The number of aryl methyl sites for hydroxylation is 1. The molecule has 142 valence electrons. The molecule has 2 aromatic carbocycles. The fourth-order valence-corrected chi connectivity index (χ4v) is 4.48. The molecule has 4 rings (SSSR count). The van der Waals surface area contributed by atoms with Gasteiger partial charge in [-0.1, -0.05) is 42.8 Å². The maximum atomic E-state index is 13.1. The normalized spacial score (nSPS) is 22.6. The lowest BCUT2D eigenvalue weighted by Crippen LogP contribution is -2.37. The lowest BCUT2D eigenvalue weighted by Gasteiger charge is -2.26. The lowest BCUT2D eigenvalue weighted by atomic mass is 9.92. The Hall–Kier alpha value is -2.33. The number of nitrogens with two attached hydrogens (primary N) is 1. The Morgan fingerprint density at radius 1 is 1.11 bits per heavy atom. The highest BCUT2D eigenvalue weighted by molar-refractivity contribution is 5.80. The first-order chi connectivity index (χ1) is 13.3. The Morgan fingerprint density at radius 3 is 2.78 bits per heavy atom. The van der Waals surface area contributed by atoms with Crippen LogP contribution in [-0.2, 0) is 11.2 Å². The molecule has 2 aromatic rings. The van der Waals surface area contributed by atoms with Crippen molar-refractivity contribution in [3.8, 4) is 5.75 Å². The third-order valence-electron chi connectivity index (χ3n) is 5.98. The smallest absolute Gasteiger partial charge is 0.224 e. The van der Waals surface area contributed by atoms with Crippen molar-refractivity contribution < 1.29 is 9.53 Å². The van der Waals surface area contributed by atoms with E-state index in [-0.39, 0.29) is 17.9 Å². The first-order valence-electron chi connectivity index (χ1n) is 10.1. The number of carbonyl (C=O) groups is 1. The van der Waals surface area contributed by atoms with E-state index in [1.165, 1.54) is 5.56 Å². The summed E-state index contributed by atoms with van der Waals surface area (Å²) < 4.78 is 5.75. The molecule has 4 heteroatoms. The quantitative estimate of drug-likeness (QED) is 0.852. The first kappa shape index (κ1) is 18.1. The Morgan fingerprint density at radius 2 is 1.96 bits per heavy atom. The van der Waals surface area contributed by atoms with Crippen LogP contribution in [0, 0.1) is 11.8 Å². The number of nitrogens with one attached hydrogen (secondary N) is 1. The lowest BCUT2D eigenvalue weighted by molar-refractivity contribution is -0.126. The molecule has 1 amide bonds. The summed E-state index contributed by atoms with van der Waals surface area (Å²) in [6, 6.07) is 16.4. The van der Waals surface area contributed by atoms with Crippen LogP contribution in [0.3, 0.4) is 0 Å². The van der Waals surface area contributed by atoms with Gasteiger partial charge in [-0.3, -0.25) is 4.79 Å². The molecule has 1 heterocycles. The van der Waals surface area contributed by atoms with Crippen molar-refractivity contribution in [2.45, 2.75) is 38.1 Å². The maximum absolute atomic E-state index is 13.1. The van der Waals surface area contributed by atoms with E-state index >= 15 is 0 Å². The van der Waals surface area contributed by atoms with Crippen LogP contribution >= 0.6 is 0 Å². The molecule has 0 radical (unpaired) electrons. The minimum absolute atomic E-state index is 0.0298. The maximum Gasteiger partial charge on any atom is 0.224 e. The van der Waals surface area contributed by atoms with Gasteiger partial charge in [0.05, 0.1) is 12.6 Å². The summed E-state index contributed by atoms with van der Waals surface area (Å²) in [5, 5.41) is 3.33. The van der Waals surface area contributed by atoms with Gasteiger partial charge in [0.25, 0.3) is 0 Å². The van der Waals surface area contributed by atoms with E-state index in [0.717, 1.165) is 55.6 Å². The largest absolute Gasteiger partial charge is 0.493 e. The number of benzene rings is 2. The van der Waals surface area contributed by atoms with E-state index in [2.05, 4.69) is 29.6 Å². The number of hydrogen-bond donors (Lipinski definition) is 2. The SMILES string of the molecule is NC[C@H]1CCC[C@H]1C(=O)NC(c1ccccc1)c1ccc2c(c1)CCCO2. The zero-order chi connectivity index (χ0) is 18.6. The Labute approximate surface area is 161 Å². The molecule has 0 bridgehead atoms. The van der Waals surface area contributed by atoms with Crippen LogP contribution in [0.25, 0.3) is 0 Å². The van der Waals surface area contributed by atoms with Gasteiger partial charge in [-0.25, -0.2) is 0 Å². The number of hydrogen-bond acceptors (Lipinski definition) is 3. The van der Waals surface area contributed by atoms with Crippen molar-refractivity contribution in [3.05, 3.63) is 65.2 Å². The predicted octanol–water partition coefficient (Wildman–Crippen LogP) is 3.59. The van der Waals surface area contributed by atoms with Crippen molar-refractivity contribution >= 4 is 5.91 Å². The summed E-state index contributed by atoms with van der Waals surface area (Å²) >= 11 is 0. The summed E-state index contributed by atoms with van der Waals surface area (Å²) in [5.74, 6) is 1.44. The summed E-state index contributed by atoms with van der Waals surface area (Å²) in [6.45, 7) is 1.37. The van der Waals surface area contributed by atoms with E-state index in [1.807, 2.05) is 24.3 Å². The predicted molar refractivity (Wildman–Crippen MR) is 107 cm³/mol. The second-order valence-corrected chi connectivity index (χ2v) is 7.70. The number of carbonyl (C=O) groups excluding carboxylic acids is 1. The molecule has 0 saturated heterocycles. The van der Waals surface area contributed by atoms with Gasteiger partial charge >= 0.3 is 0 Å². The van der Waals surface area contributed by atoms with E-state index in [4.69, 9.17) is 10.5 Å². The molecule has 1 saturated carbocycles. The van der Waals surface area contributed by atoms with E-state index in [1.54, 1.807) is 0 Å². The molecule has 1 fully saturated rings. The molecule has 3 atom stereocenters. The van der Waals surface area contributed by atoms with Gasteiger partial charge in [-0.2, -0.15) is 0 Å². The van der Waals surface area contributed by atoms with Crippen LogP contribution in [0.1, 0.15) is 48.4 Å². The minimum Gasteiger partial charge on any atom is -0.493 e. The molecular weight excluding hydrogens is 336 g/mol. The molecular formula is C23H28N2O2. The number of amides is 1. The van der Waals surface area contributed by atoms with Crippen LogP contribution in [0.5, 0.6) is 5.75 Å². The van der Waals surface area contributed by atoms with Crippen LogP contribution in [-0.4, -0.2) is 19.1 Å². The second-order valence-electron chi connectivity index (χ2n) is 7.70. The third kappa shape index (κ3) is 3.86. The minimum atomic E-state index is -0.148. The van der Waals surface area contributed by atoms with Gasteiger partial charge in [0.1, 0.15) is 5.75 Å². The highest BCUT2D eigenvalue weighted by Crippen LogP contribution is 2.34. The third-order valence-corrected chi connectivity index (χ3v) is 5.98. The van der Waals surface area contributed by atoms with Gasteiger partial charge in [-0.05, 0) is 67.0 Å². The Bertz CT molecular complexity index is 790. The van der Waals surface area contributed by atoms with Gasteiger partial charge in [0.15, 0.2) is 0 Å². The molecule has 4 nitrogen and oxygen atoms in total. The van der Waals surface area contributed by atoms with Crippen molar-refractivity contribution in [1.82, 2.24) is 5.32 Å². The molecule has 1 aliphatic heterocycles. The van der Waals surface area contributed by atoms with Crippen molar-refractivity contribution in [3.63, 3.8) is 0 Å². The Balaban J connectivity index is 1.63.